The van der Waals surface area contributed by atoms with Crippen molar-refractivity contribution >= 4 is 40.3 Å². The highest BCUT2D eigenvalue weighted by Gasteiger charge is 2.47. The van der Waals surface area contributed by atoms with Gasteiger partial charge in [0.25, 0.3) is 5.91 Å². The number of nitrogens with one attached hydrogen (secondary N) is 1. The lowest BCUT2D eigenvalue weighted by atomic mass is 9.88. The van der Waals surface area contributed by atoms with Crippen molar-refractivity contribution in [2.45, 2.75) is 12.0 Å². The second-order valence-electron chi connectivity index (χ2n) is 4.59. The van der Waals surface area contributed by atoms with E-state index in [4.69, 9.17) is 11.6 Å². The number of benzene rings is 1. The number of Topliss-reactive ketones (excluding diaryl/α,β-unsaturated/α-hetero) is 1. The van der Waals surface area contributed by atoms with Crippen molar-refractivity contribution in [2.24, 2.45) is 0 Å². The molecule has 0 spiro atoms. The maximum Gasteiger partial charge on any atom is 0.261 e. The van der Waals surface area contributed by atoms with E-state index in [9.17, 15) is 14.7 Å². The fourth-order valence-electron chi connectivity index (χ4n) is 2.27. The summed E-state index contributed by atoms with van der Waals surface area (Å²) in [6.07, 6.45) is -0.303. The third kappa shape index (κ3) is 1.95. The topological polar surface area (TPSA) is 66.4 Å². The summed E-state index contributed by atoms with van der Waals surface area (Å²) < 4.78 is 0. The van der Waals surface area contributed by atoms with Crippen molar-refractivity contribution in [3.63, 3.8) is 0 Å². The smallest absolute Gasteiger partial charge is 0.261 e. The van der Waals surface area contributed by atoms with Crippen molar-refractivity contribution in [1.29, 1.82) is 0 Å². The van der Waals surface area contributed by atoms with Crippen molar-refractivity contribution < 1.29 is 14.7 Å². The van der Waals surface area contributed by atoms with Gasteiger partial charge in [0.2, 0.25) is 0 Å². The van der Waals surface area contributed by atoms with E-state index in [1.165, 1.54) is 11.3 Å². The molecule has 4 nitrogen and oxygen atoms in total. The molecule has 3 rings (SSSR count). The van der Waals surface area contributed by atoms with Crippen LogP contribution in [-0.2, 0) is 10.4 Å². The number of ketones is 1. The summed E-state index contributed by atoms with van der Waals surface area (Å²) in [7, 11) is 0. The third-order valence-electron chi connectivity index (χ3n) is 3.33. The number of carbonyl (C=O) groups excluding carboxylic acids is 2. The van der Waals surface area contributed by atoms with Crippen molar-refractivity contribution in [2.75, 3.05) is 5.32 Å². The molecule has 2 N–H and O–H groups in total. The maximum absolute atomic E-state index is 12.1. The van der Waals surface area contributed by atoms with Crippen molar-refractivity contribution in [1.82, 2.24) is 0 Å². The van der Waals surface area contributed by atoms with E-state index in [1.54, 1.807) is 35.0 Å². The highest BCUT2D eigenvalue weighted by Crippen LogP contribution is 2.42. The molecule has 1 aliphatic rings. The molecule has 0 bridgehead atoms. The van der Waals surface area contributed by atoms with Gasteiger partial charge in [0.1, 0.15) is 0 Å². The molecule has 2 heterocycles. The molecule has 0 saturated heterocycles. The van der Waals surface area contributed by atoms with Gasteiger partial charge in [-0.2, -0.15) is 11.3 Å². The van der Waals surface area contributed by atoms with E-state index in [-0.39, 0.29) is 12.2 Å². The van der Waals surface area contributed by atoms with Crippen LogP contribution in [0.2, 0.25) is 5.02 Å². The van der Waals surface area contributed by atoms with Gasteiger partial charge < -0.3 is 10.4 Å². The predicted octanol–water partition coefficient (Wildman–Crippen LogP) is 2.81. The summed E-state index contributed by atoms with van der Waals surface area (Å²) in [4.78, 5) is 24.2. The van der Waals surface area contributed by atoms with Gasteiger partial charge in [-0.3, -0.25) is 9.59 Å². The van der Waals surface area contributed by atoms with Crippen LogP contribution in [0.15, 0.2) is 35.0 Å². The van der Waals surface area contributed by atoms with Gasteiger partial charge in [0.05, 0.1) is 17.1 Å². The Labute approximate surface area is 124 Å². The summed E-state index contributed by atoms with van der Waals surface area (Å²) >= 11 is 7.38. The number of para-hydroxylation sites is 1. The lowest BCUT2D eigenvalue weighted by Gasteiger charge is -2.19. The monoisotopic (exact) mass is 307 g/mol. The summed E-state index contributed by atoms with van der Waals surface area (Å²) in [6, 6.07) is 6.52. The fraction of sp³-hybridized carbons (Fsp3) is 0.143. The first-order valence-corrected chi connectivity index (χ1v) is 7.22. The number of amides is 1. The van der Waals surface area contributed by atoms with Crippen LogP contribution in [0, 0.1) is 0 Å². The number of carbonyl (C=O) groups is 2. The molecule has 1 aliphatic heterocycles. The minimum Gasteiger partial charge on any atom is -0.375 e. The molecule has 0 unspecified atom stereocenters. The zero-order valence-corrected chi connectivity index (χ0v) is 11.8. The fourth-order valence-corrected chi connectivity index (χ4v) is 3.15. The highest BCUT2D eigenvalue weighted by molar-refractivity contribution is 7.08. The SMILES string of the molecule is O=C(C[C@@]1(O)C(=O)Nc2c(Cl)cccc21)c1ccsc1. The Bertz CT molecular complexity index is 698. The molecule has 0 fully saturated rings. The normalized spacial score (nSPS) is 20.6. The first-order chi connectivity index (χ1) is 9.52. The van der Waals surface area contributed by atoms with Gasteiger partial charge in [-0.25, -0.2) is 0 Å². The van der Waals surface area contributed by atoms with Crippen LogP contribution < -0.4 is 5.32 Å². The van der Waals surface area contributed by atoms with Gasteiger partial charge in [-0.1, -0.05) is 23.7 Å². The average Bonchev–Trinajstić information content (AvgIpc) is 3.01. The number of rotatable bonds is 3. The zero-order valence-electron chi connectivity index (χ0n) is 10.2. The Hall–Kier alpha value is -1.69. The van der Waals surface area contributed by atoms with Crippen LogP contribution in [0.5, 0.6) is 0 Å². The van der Waals surface area contributed by atoms with Gasteiger partial charge >= 0.3 is 0 Å². The van der Waals surface area contributed by atoms with Gasteiger partial charge in [0, 0.05) is 16.5 Å². The molecule has 1 aromatic heterocycles. The van der Waals surface area contributed by atoms with Crippen molar-refractivity contribution in [3.8, 4) is 0 Å². The molecule has 2 aromatic rings. The Morgan fingerprint density at radius 3 is 2.90 bits per heavy atom. The molecule has 1 aromatic carbocycles. The number of fused-ring (bicyclic) bond motifs is 1. The average molecular weight is 308 g/mol. The number of anilines is 1. The minimum atomic E-state index is -1.86. The van der Waals surface area contributed by atoms with Crippen LogP contribution in [-0.4, -0.2) is 16.8 Å². The van der Waals surface area contributed by atoms with Crippen LogP contribution in [0.4, 0.5) is 5.69 Å². The van der Waals surface area contributed by atoms with E-state index in [2.05, 4.69) is 5.32 Å². The summed E-state index contributed by atoms with van der Waals surface area (Å²) in [5.41, 5.74) is -0.649. The number of thiophene rings is 1. The molecule has 0 radical (unpaired) electrons. The largest absolute Gasteiger partial charge is 0.375 e. The number of hydrogen-bond donors (Lipinski definition) is 2. The molecule has 1 amide bonds. The Kier molecular flexibility index (Phi) is 3.12. The minimum absolute atomic E-state index is 0.281. The third-order valence-corrected chi connectivity index (χ3v) is 4.33. The summed E-state index contributed by atoms with van der Waals surface area (Å²) in [5.74, 6) is -0.902. The number of hydrogen-bond acceptors (Lipinski definition) is 4. The molecule has 0 aliphatic carbocycles. The van der Waals surface area contributed by atoms with Gasteiger partial charge in [-0.05, 0) is 17.5 Å². The molecule has 0 saturated carbocycles. The standard InChI is InChI=1S/C14H10ClNO3S/c15-10-3-1-2-9-12(10)16-13(18)14(9,19)6-11(17)8-4-5-20-7-8/h1-5,7,19H,6H2,(H,16,18)/t14-/m0/s1. The Morgan fingerprint density at radius 1 is 1.40 bits per heavy atom. The quantitative estimate of drug-likeness (QED) is 0.857. The Morgan fingerprint density at radius 2 is 2.20 bits per heavy atom. The first kappa shape index (κ1) is 13.3. The second-order valence-corrected chi connectivity index (χ2v) is 5.78. The van der Waals surface area contributed by atoms with Crippen LogP contribution in [0.3, 0.4) is 0 Å². The lowest BCUT2D eigenvalue weighted by Crippen LogP contribution is -2.36. The van der Waals surface area contributed by atoms with E-state index >= 15 is 0 Å². The first-order valence-electron chi connectivity index (χ1n) is 5.90. The van der Waals surface area contributed by atoms with Gasteiger partial charge in [-0.15, -0.1) is 0 Å². The highest BCUT2D eigenvalue weighted by atomic mass is 35.5. The molecule has 1 atom stereocenters. The molecule has 6 heteroatoms. The number of aliphatic hydroxyl groups is 1. The van der Waals surface area contributed by atoms with Crippen LogP contribution >= 0.6 is 22.9 Å². The zero-order chi connectivity index (χ0) is 14.3. The van der Waals surface area contributed by atoms with E-state index in [0.717, 1.165) is 0 Å². The second kappa shape index (κ2) is 4.70. The molecular weight excluding hydrogens is 298 g/mol. The van der Waals surface area contributed by atoms with E-state index in [0.29, 0.717) is 21.8 Å². The van der Waals surface area contributed by atoms with Gasteiger partial charge in [0.15, 0.2) is 11.4 Å². The summed E-state index contributed by atoms with van der Waals surface area (Å²) in [6.45, 7) is 0. The predicted molar refractivity (Wildman–Crippen MR) is 77.2 cm³/mol. The molecular formula is C14H10ClNO3S. The lowest BCUT2D eigenvalue weighted by molar-refractivity contribution is -0.133. The van der Waals surface area contributed by atoms with Crippen molar-refractivity contribution in [3.05, 3.63) is 51.2 Å². The number of halogens is 1. The maximum atomic E-state index is 12.1. The molecule has 102 valence electrons. The van der Waals surface area contributed by atoms with E-state index < -0.39 is 11.5 Å². The van der Waals surface area contributed by atoms with E-state index in [1.807, 2.05) is 0 Å². The van der Waals surface area contributed by atoms with Crippen LogP contribution in [0.1, 0.15) is 22.3 Å². The molecule has 20 heavy (non-hydrogen) atoms. The summed E-state index contributed by atoms with van der Waals surface area (Å²) in [5, 5.41) is 17.0. The van der Waals surface area contributed by atoms with Crippen LogP contribution in [0.25, 0.3) is 0 Å². The Balaban J connectivity index is 1.99.